The largest absolute Gasteiger partial charge is 0.479 e. The lowest BCUT2D eigenvalue weighted by Crippen LogP contribution is -2.52. The highest BCUT2D eigenvalue weighted by atomic mass is 19.4. The van der Waals surface area contributed by atoms with Crippen LogP contribution in [0.4, 0.5) is 13.2 Å². The fourth-order valence-corrected chi connectivity index (χ4v) is 2.27. The maximum Gasteiger partial charge on any atom is 0.435 e. The highest BCUT2D eigenvalue weighted by Gasteiger charge is 2.51. The zero-order valence-corrected chi connectivity index (χ0v) is 9.03. The van der Waals surface area contributed by atoms with Gasteiger partial charge in [-0.25, -0.2) is 4.79 Å². The van der Waals surface area contributed by atoms with Crippen molar-refractivity contribution in [2.24, 2.45) is 5.92 Å². The normalized spacial score (nSPS) is 28.8. The van der Waals surface area contributed by atoms with E-state index in [1.54, 1.807) is 0 Å². The molecule has 17 heavy (non-hydrogen) atoms. The van der Waals surface area contributed by atoms with E-state index in [9.17, 15) is 18.0 Å². The second-order valence-electron chi connectivity index (χ2n) is 4.49. The smallest absolute Gasteiger partial charge is 0.435 e. The third-order valence-corrected chi connectivity index (χ3v) is 3.09. The third-order valence-electron chi connectivity index (χ3n) is 3.09. The van der Waals surface area contributed by atoms with E-state index < -0.39 is 23.4 Å². The topological polar surface area (TPSA) is 55.1 Å². The van der Waals surface area contributed by atoms with Crippen LogP contribution in [0.25, 0.3) is 0 Å². The van der Waals surface area contributed by atoms with Crippen LogP contribution in [0.5, 0.6) is 0 Å². The fraction of sp³-hybridized carbons (Fsp3) is 0.600. The molecule has 1 aromatic rings. The fourth-order valence-electron chi connectivity index (χ4n) is 2.27. The van der Waals surface area contributed by atoms with Crippen LogP contribution >= 0.6 is 0 Å². The molecule has 0 radical (unpaired) electrons. The number of aliphatic carboxylic acids is 1. The van der Waals surface area contributed by atoms with Gasteiger partial charge in [-0.1, -0.05) is 6.92 Å². The Bertz CT molecular complexity index is 447. The molecule has 1 aromatic heterocycles. The van der Waals surface area contributed by atoms with Crippen molar-refractivity contribution in [1.82, 2.24) is 9.78 Å². The lowest BCUT2D eigenvalue weighted by molar-refractivity contribution is -0.158. The molecule has 0 amide bonds. The van der Waals surface area contributed by atoms with E-state index in [4.69, 9.17) is 5.11 Å². The summed E-state index contributed by atoms with van der Waals surface area (Å²) in [6.45, 7) is 1.86. The van der Waals surface area contributed by atoms with Crippen molar-refractivity contribution >= 4 is 5.97 Å². The second kappa shape index (κ2) is 3.48. The number of rotatable bonds is 2. The predicted molar refractivity (Wildman–Crippen MR) is 51.2 cm³/mol. The predicted octanol–water partition coefficient (Wildman–Crippen LogP) is 2.11. The molecule has 1 aliphatic rings. The van der Waals surface area contributed by atoms with Crippen molar-refractivity contribution in [1.29, 1.82) is 0 Å². The number of alkyl halides is 3. The maximum absolute atomic E-state index is 12.4. The minimum Gasteiger partial charge on any atom is -0.479 e. The Morgan fingerprint density at radius 1 is 1.59 bits per heavy atom. The maximum atomic E-state index is 12.4. The summed E-state index contributed by atoms with van der Waals surface area (Å²) in [6, 6.07) is 0.799. The van der Waals surface area contributed by atoms with Crippen molar-refractivity contribution in [2.45, 2.75) is 31.5 Å². The van der Waals surface area contributed by atoms with Gasteiger partial charge in [0, 0.05) is 6.20 Å². The van der Waals surface area contributed by atoms with Gasteiger partial charge in [-0.3, -0.25) is 4.68 Å². The van der Waals surface area contributed by atoms with E-state index >= 15 is 0 Å². The summed E-state index contributed by atoms with van der Waals surface area (Å²) in [4.78, 5) is 11.2. The van der Waals surface area contributed by atoms with Crippen molar-refractivity contribution in [3.63, 3.8) is 0 Å². The summed E-state index contributed by atoms with van der Waals surface area (Å²) in [6.07, 6.45) is -2.84. The summed E-state index contributed by atoms with van der Waals surface area (Å²) < 4.78 is 38.0. The summed E-state index contributed by atoms with van der Waals surface area (Å²) in [5.74, 6) is -0.947. The molecular weight excluding hydrogens is 237 g/mol. The molecule has 1 aliphatic carbocycles. The highest BCUT2D eigenvalue weighted by molar-refractivity contribution is 5.77. The Labute approximate surface area is 95.0 Å². The van der Waals surface area contributed by atoms with Gasteiger partial charge < -0.3 is 5.11 Å². The molecule has 1 saturated carbocycles. The van der Waals surface area contributed by atoms with E-state index in [-0.39, 0.29) is 5.92 Å². The third kappa shape index (κ3) is 1.79. The number of hydrogen-bond donors (Lipinski definition) is 1. The average molecular weight is 248 g/mol. The van der Waals surface area contributed by atoms with Gasteiger partial charge in [0.2, 0.25) is 0 Å². The molecule has 0 bridgehead atoms. The van der Waals surface area contributed by atoms with Crippen LogP contribution in [0.1, 0.15) is 25.5 Å². The van der Waals surface area contributed by atoms with Gasteiger partial charge in [0.1, 0.15) is 0 Å². The van der Waals surface area contributed by atoms with Gasteiger partial charge >= 0.3 is 12.1 Å². The van der Waals surface area contributed by atoms with Crippen molar-refractivity contribution in [3.05, 3.63) is 18.0 Å². The molecule has 0 spiro atoms. The van der Waals surface area contributed by atoms with Crippen molar-refractivity contribution in [3.8, 4) is 0 Å². The van der Waals surface area contributed by atoms with Crippen LogP contribution in [-0.4, -0.2) is 20.9 Å². The monoisotopic (exact) mass is 248 g/mol. The van der Waals surface area contributed by atoms with Gasteiger partial charge in [-0.2, -0.15) is 18.3 Å². The molecule has 0 atom stereocenters. The molecule has 0 aromatic carbocycles. The number of carboxylic acid groups (broad SMARTS) is 1. The Balaban J connectivity index is 2.34. The number of halogens is 3. The molecule has 0 saturated heterocycles. The zero-order chi connectivity index (χ0) is 12.8. The first kappa shape index (κ1) is 11.9. The molecule has 0 unspecified atom stereocenters. The molecule has 94 valence electrons. The Morgan fingerprint density at radius 2 is 2.18 bits per heavy atom. The van der Waals surface area contributed by atoms with Gasteiger partial charge in [-0.15, -0.1) is 0 Å². The van der Waals surface area contributed by atoms with E-state index in [0.29, 0.717) is 12.8 Å². The first-order valence-corrected chi connectivity index (χ1v) is 5.12. The number of carboxylic acids is 1. The van der Waals surface area contributed by atoms with Gasteiger partial charge in [0.25, 0.3) is 0 Å². The molecule has 1 heterocycles. The SMILES string of the molecule is CC1CC(C(=O)O)(n2ccc(C(F)(F)F)n2)C1. The van der Waals surface area contributed by atoms with Crippen LogP contribution < -0.4 is 0 Å². The molecule has 7 heteroatoms. The standard InChI is InChI=1S/C10H11F3N2O2/c1-6-4-9(5-6,8(16)17)15-3-2-7(14-15)10(11,12)13/h2-3,6H,4-5H2,1H3,(H,16,17). The Kier molecular flexibility index (Phi) is 2.44. The minimum absolute atomic E-state index is 0.185. The van der Waals surface area contributed by atoms with Gasteiger partial charge in [-0.05, 0) is 24.8 Å². The Morgan fingerprint density at radius 3 is 2.53 bits per heavy atom. The van der Waals surface area contributed by atoms with Crippen molar-refractivity contribution in [2.75, 3.05) is 0 Å². The first-order valence-electron chi connectivity index (χ1n) is 5.12. The van der Waals surface area contributed by atoms with Crippen LogP contribution in [0.2, 0.25) is 0 Å². The first-order chi connectivity index (χ1) is 7.75. The second-order valence-corrected chi connectivity index (χ2v) is 4.49. The quantitative estimate of drug-likeness (QED) is 0.872. The van der Waals surface area contributed by atoms with Crippen LogP contribution in [0.15, 0.2) is 12.3 Å². The summed E-state index contributed by atoms with van der Waals surface area (Å²) in [5.41, 5.74) is -2.36. The van der Waals surface area contributed by atoms with Gasteiger partial charge in [0.15, 0.2) is 11.2 Å². The van der Waals surface area contributed by atoms with Gasteiger partial charge in [0.05, 0.1) is 0 Å². The summed E-state index contributed by atoms with van der Waals surface area (Å²) in [7, 11) is 0. The minimum atomic E-state index is -4.54. The highest BCUT2D eigenvalue weighted by Crippen LogP contribution is 2.44. The average Bonchev–Trinajstić information content (AvgIpc) is 2.59. The van der Waals surface area contributed by atoms with E-state index in [1.165, 1.54) is 0 Å². The zero-order valence-electron chi connectivity index (χ0n) is 9.03. The molecular formula is C10H11F3N2O2. The molecule has 2 rings (SSSR count). The molecule has 4 nitrogen and oxygen atoms in total. The lowest BCUT2D eigenvalue weighted by Gasteiger charge is -2.42. The number of carbonyl (C=O) groups is 1. The van der Waals surface area contributed by atoms with Crippen molar-refractivity contribution < 1.29 is 23.1 Å². The van der Waals surface area contributed by atoms with Crippen LogP contribution in [-0.2, 0) is 16.5 Å². The Hall–Kier alpha value is -1.53. The van der Waals surface area contributed by atoms with Crippen LogP contribution in [0.3, 0.4) is 0 Å². The van der Waals surface area contributed by atoms with Crippen LogP contribution in [0, 0.1) is 5.92 Å². The summed E-state index contributed by atoms with van der Waals surface area (Å²) in [5, 5.41) is 12.5. The molecule has 1 fully saturated rings. The summed E-state index contributed by atoms with van der Waals surface area (Å²) >= 11 is 0. The molecule has 1 N–H and O–H groups in total. The number of nitrogens with zero attached hydrogens (tertiary/aromatic N) is 2. The van der Waals surface area contributed by atoms with E-state index in [2.05, 4.69) is 5.10 Å². The lowest BCUT2D eigenvalue weighted by atomic mass is 9.69. The van der Waals surface area contributed by atoms with E-state index in [0.717, 1.165) is 16.9 Å². The number of hydrogen-bond acceptors (Lipinski definition) is 2. The molecule has 0 aliphatic heterocycles. The van der Waals surface area contributed by atoms with E-state index in [1.807, 2.05) is 6.92 Å². The number of aromatic nitrogens is 2.